The van der Waals surface area contributed by atoms with E-state index in [2.05, 4.69) is 27.7 Å². The highest BCUT2D eigenvalue weighted by molar-refractivity contribution is 7.10. The minimum atomic E-state index is 0.0379. The number of hydrogen-bond acceptors (Lipinski definition) is 4. The molecule has 2 aliphatic heterocycles. The normalized spacial score (nSPS) is 24.4. The molecule has 3 rings (SSSR count). The number of thiophene rings is 1. The summed E-state index contributed by atoms with van der Waals surface area (Å²) in [6, 6.07) is 4.62. The van der Waals surface area contributed by atoms with Crippen LogP contribution in [0.1, 0.15) is 30.7 Å². The van der Waals surface area contributed by atoms with Crippen LogP contribution in [0.15, 0.2) is 17.5 Å². The monoisotopic (exact) mass is 323 g/mol. The lowest BCUT2D eigenvalue weighted by Gasteiger charge is -2.32. The van der Waals surface area contributed by atoms with Crippen molar-refractivity contribution in [1.82, 2.24) is 15.1 Å². The molecule has 0 aromatic carbocycles. The van der Waals surface area contributed by atoms with Gasteiger partial charge in [-0.25, -0.2) is 4.79 Å². The Bertz CT molecular complexity index is 474. The molecule has 3 heterocycles. The fourth-order valence-electron chi connectivity index (χ4n) is 3.24. The van der Waals surface area contributed by atoms with Gasteiger partial charge in [0.05, 0.1) is 18.8 Å². The summed E-state index contributed by atoms with van der Waals surface area (Å²) in [7, 11) is 0. The van der Waals surface area contributed by atoms with Crippen molar-refractivity contribution >= 4 is 17.4 Å². The van der Waals surface area contributed by atoms with Crippen LogP contribution in [0.2, 0.25) is 0 Å². The van der Waals surface area contributed by atoms with Crippen LogP contribution in [0.5, 0.6) is 0 Å². The molecule has 2 aliphatic rings. The van der Waals surface area contributed by atoms with Crippen LogP contribution < -0.4 is 5.32 Å². The van der Waals surface area contributed by atoms with Crippen LogP contribution in [-0.2, 0) is 4.74 Å². The van der Waals surface area contributed by atoms with Crippen LogP contribution >= 0.6 is 11.3 Å². The molecule has 2 fully saturated rings. The molecular formula is C16H25N3O2S. The van der Waals surface area contributed by atoms with E-state index in [0.29, 0.717) is 32.3 Å². The Morgan fingerprint density at radius 2 is 2.27 bits per heavy atom. The first kappa shape index (κ1) is 15.8. The topological polar surface area (TPSA) is 44.8 Å². The lowest BCUT2D eigenvalue weighted by molar-refractivity contribution is -0.00366. The Kier molecular flexibility index (Phi) is 5.33. The minimum Gasteiger partial charge on any atom is -0.375 e. The molecular weight excluding hydrogens is 298 g/mol. The van der Waals surface area contributed by atoms with E-state index in [1.807, 2.05) is 11.8 Å². The zero-order valence-corrected chi connectivity index (χ0v) is 14.0. The van der Waals surface area contributed by atoms with Gasteiger partial charge in [0, 0.05) is 24.5 Å². The molecule has 0 spiro atoms. The van der Waals surface area contributed by atoms with E-state index >= 15 is 0 Å². The van der Waals surface area contributed by atoms with Crippen LogP contribution in [0, 0.1) is 0 Å². The quantitative estimate of drug-likeness (QED) is 0.925. The Balaban J connectivity index is 1.57. The summed E-state index contributed by atoms with van der Waals surface area (Å²) in [6.45, 7) is 6.96. The van der Waals surface area contributed by atoms with Gasteiger partial charge < -0.3 is 15.0 Å². The van der Waals surface area contributed by atoms with E-state index < -0.39 is 0 Å². The highest BCUT2D eigenvalue weighted by Crippen LogP contribution is 2.27. The fourth-order valence-corrected chi connectivity index (χ4v) is 4.10. The van der Waals surface area contributed by atoms with Crippen molar-refractivity contribution in [3.8, 4) is 0 Å². The third-order valence-electron chi connectivity index (χ3n) is 4.43. The lowest BCUT2D eigenvalue weighted by atomic mass is 10.2. The maximum Gasteiger partial charge on any atom is 0.317 e. The third kappa shape index (κ3) is 3.80. The van der Waals surface area contributed by atoms with E-state index in [4.69, 9.17) is 4.74 Å². The van der Waals surface area contributed by atoms with Crippen LogP contribution in [0.3, 0.4) is 0 Å². The predicted molar refractivity (Wildman–Crippen MR) is 88.3 cm³/mol. The van der Waals surface area contributed by atoms with Gasteiger partial charge in [0.15, 0.2) is 0 Å². The summed E-state index contributed by atoms with van der Waals surface area (Å²) >= 11 is 1.78. The van der Waals surface area contributed by atoms with Gasteiger partial charge in [-0.2, -0.15) is 0 Å². The largest absolute Gasteiger partial charge is 0.375 e. The Labute approximate surface area is 136 Å². The molecule has 0 saturated carbocycles. The number of likely N-dealkylation sites (tertiary alicyclic amines) is 1. The van der Waals surface area contributed by atoms with Gasteiger partial charge in [-0.15, -0.1) is 11.3 Å². The second kappa shape index (κ2) is 7.44. The number of ether oxygens (including phenoxy) is 1. The molecule has 2 amide bonds. The second-order valence-electron chi connectivity index (χ2n) is 6.09. The fraction of sp³-hybridized carbons (Fsp3) is 0.688. The molecule has 0 aliphatic carbocycles. The second-order valence-corrected chi connectivity index (χ2v) is 7.07. The van der Waals surface area contributed by atoms with Gasteiger partial charge >= 0.3 is 6.03 Å². The van der Waals surface area contributed by atoms with Gasteiger partial charge in [0.1, 0.15) is 0 Å². The number of carbonyl (C=O) groups is 1. The minimum absolute atomic E-state index is 0.0379. The van der Waals surface area contributed by atoms with Crippen molar-refractivity contribution in [3.63, 3.8) is 0 Å². The summed E-state index contributed by atoms with van der Waals surface area (Å²) in [5.41, 5.74) is 0. The molecule has 5 nitrogen and oxygen atoms in total. The van der Waals surface area contributed by atoms with Crippen LogP contribution in [0.4, 0.5) is 4.79 Å². The molecule has 0 radical (unpaired) electrons. The van der Waals surface area contributed by atoms with E-state index in [1.165, 1.54) is 17.7 Å². The zero-order chi connectivity index (χ0) is 15.4. The summed E-state index contributed by atoms with van der Waals surface area (Å²) in [4.78, 5) is 18.1. The third-order valence-corrected chi connectivity index (χ3v) is 5.40. The van der Waals surface area contributed by atoms with E-state index in [-0.39, 0.29) is 12.1 Å². The molecule has 2 saturated heterocycles. The Morgan fingerprint density at radius 1 is 1.45 bits per heavy atom. The van der Waals surface area contributed by atoms with E-state index in [1.54, 1.807) is 11.3 Å². The number of carbonyl (C=O) groups excluding carboxylic acids is 1. The van der Waals surface area contributed by atoms with Crippen molar-refractivity contribution in [1.29, 1.82) is 0 Å². The molecule has 1 aromatic rings. The van der Waals surface area contributed by atoms with Gasteiger partial charge in [-0.1, -0.05) is 6.07 Å². The molecule has 1 aromatic heterocycles. The maximum atomic E-state index is 12.4. The highest BCUT2D eigenvalue weighted by Gasteiger charge is 2.26. The molecule has 0 bridgehead atoms. The smallest absolute Gasteiger partial charge is 0.317 e. The Morgan fingerprint density at radius 3 is 2.95 bits per heavy atom. The van der Waals surface area contributed by atoms with Crippen LogP contribution in [0.25, 0.3) is 0 Å². The summed E-state index contributed by atoms with van der Waals surface area (Å²) < 4.78 is 5.50. The summed E-state index contributed by atoms with van der Waals surface area (Å²) in [5, 5.41) is 5.25. The number of nitrogens with zero attached hydrogens (tertiary/aromatic N) is 2. The van der Waals surface area contributed by atoms with Gasteiger partial charge in [0.2, 0.25) is 0 Å². The summed E-state index contributed by atoms with van der Waals surface area (Å²) in [5.74, 6) is 0. The number of amides is 2. The molecule has 2 atom stereocenters. The molecule has 0 unspecified atom stereocenters. The number of rotatable bonds is 4. The summed E-state index contributed by atoms with van der Waals surface area (Å²) in [6.07, 6.45) is 2.65. The van der Waals surface area contributed by atoms with Crippen LogP contribution in [-0.4, -0.2) is 61.3 Å². The standard InChI is InChI=1S/C16H25N3O2S/c1-13-12-19(8-9-21-13)16(20)17-11-14(15-5-4-10-22-15)18-6-2-3-7-18/h4-5,10,13-14H,2-3,6-9,11-12H2,1H3,(H,17,20)/t13-,14-/m0/s1. The van der Waals surface area contributed by atoms with E-state index in [9.17, 15) is 4.79 Å². The number of morpholine rings is 1. The van der Waals surface area contributed by atoms with Crippen molar-refractivity contribution < 1.29 is 9.53 Å². The first-order valence-corrected chi connectivity index (χ1v) is 9.04. The first-order valence-electron chi connectivity index (χ1n) is 8.16. The SMILES string of the molecule is C[C@H]1CN(C(=O)NC[C@@H](c2cccs2)N2CCCC2)CCO1. The molecule has 122 valence electrons. The van der Waals surface area contributed by atoms with Crippen molar-refractivity contribution in [3.05, 3.63) is 22.4 Å². The number of nitrogens with one attached hydrogen (secondary N) is 1. The average Bonchev–Trinajstić information content (AvgIpc) is 3.21. The zero-order valence-electron chi connectivity index (χ0n) is 13.2. The maximum absolute atomic E-state index is 12.4. The predicted octanol–water partition coefficient (Wildman–Crippen LogP) is 2.32. The first-order chi connectivity index (χ1) is 10.7. The molecule has 6 heteroatoms. The average molecular weight is 323 g/mol. The van der Waals surface area contributed by atoms with Crippen molar-refractivity contribution in [2.24, 2.45) is 0 Å². The highest BCUT2D eigenvalue weighted by atomic mass is 32.1. The van der Waals surface area contributed by atoms with Gasteiger partial charge in [-0.3, -0.25) is 4.90 Å². The molecule has 22 heavy (non-hydrogen) atoms. The van der Waals surface area contributed by atoms with E-state index in [0.717, 1.165) is 13.1 Å². The number of urea groups is 1. The number of hydrogen-bond donors (Lipinski definition) is 1. The van der Waals surface area contributed by atoms with Crippen molar-refractivity contribution in [2.75, 3.05) is 39.3 Å². The van der Waals surface area contributed by atoms with Gasteiger partial charge in [-0.05, 0) is 44.3 Å². The lowest BCUT2D eigenvalue weighted by Crippen LogP contribution is -2.50. The van der Waals surface area contributed by atoms with Gasteiger partial charge in [0.25, 0.3) is 0 Å². The molecule has 1 N–H and O–H groups in total. The Hall–Kier alpha value is -1.11. The van der Waals surface area contributed by atoms with Crippen molar-refractivity contribution in [2.45, 2.75) is 31.9 Å².